The van der Waals surface area contributed by atoms with Crippen molar-refractivity contribution in [2.75, 3.05) is 20.7 Å². The third-order valence-electron chi connectivity index (χ3n) is 2.78. The Morgan fingerprint density at radius 2 is 2.10 bits per heavy atom. The van der Waals surface area contributed by atoms with Gasteiger partial charge in [0, 0.05) is 18.1 Å². The molecular weight excluding hydrogens is 350 g/mol. The number of carboxylic acids is 1. The SMILES string of the molecule is COc1ccc(S(=O)(=O)N(C)CC(C)C(=O)O)c(Br)c1. The minimum atomic E-state index is -3.76. The fourth-order valence-electron chi connectivity index (χ4n) is 1.55. The highest BCUT2D eigenvalue weighted by molar-refractivity contribution is 9.10. The van der Waals surface area contributed by atoms with Crippen LogP contribution in [-0.4, -0.2) is 44.5 Å². The summed E-state index contributed by atoms with van der Waals surface area (Å²) in [5, 5.41) is 8.84. The first-order chi connectivity index (χ1) is 9.20. The van der Waals surface area contributed by atoms with Crippen LogP contribution in [0.25, 0.3) is 0 Å². The molecule has 6 nitrogen and oxygen atoms in total. The van der Waals surface area contributed by atoms with Gasteiger partial charge < -0.3 is 9.84 Å². The summed E-state index contributed by atoms with van der Waals surface area (Å²) in [6, 6.07) is 4.49. The van der Waals surface area contributed by atoms with Crippen LogP contribution in [0.4, 0.5) is 0 Å². The van der Waals surface area contributed by atoms with E-state index in [1.807, 2.05) is 0 Å². The molecule has 0 aromatic heterocycles. The van der Waals surface area contributed by atoms with E-state index in [2.05, 4.69) is 15.9 Å². The predicted molar refractivity (Wildman–Crippen MR) is 77.3 cm³/mol. The molecule has 20 heavy (non-hydrogen) atoms. The number of benzene rings is 1. The second-order valence-corrected chi connectivity index (χ2v) is 7.19. The van der Waals surface area contributed by atoms with E-state index in [-0.39, 0.29) is 11.4 Å². The number of carboxylic acid groups (broad SMARTS) is 1. The molecule has 1 unspecified atom stereocenters. The fraction of sp³-hybridized carbons (Fsp3) is 0.417. The summed E-state index contributed by atoms with van der Waals surface area (Å²) in [4.78, 5) is 10.9. The maximum Gasteiger partial charge on any atom is 0.307 e. The van der Waals surface area contributed by atoms with Gasteiger partial charge in [-0.3, -0.25) is 4.79 Å². The smallest absolute Gasteiger partial charge is 0.307 e. The van der Waals surface area contributed by atoms with E-state index < -0.39 is 21.9 Å². The van der Waals surface area contributed by atoms with E-state index >= 15 is 0 Å². The van der Waals surface area contributed by atoms with E-state index in [1.54, 1.807) is 6.07 Å². The summed E-state index contributed by atoms with van der Waals surface area (Å²) in [7, 11) is -0.920. The lowest BCUT2D eigenvalue weighted by Gasteiger charge is -2.20. The average molecular weight is 366 g/mol. The first-order valence-corrected chi connectivity index (χ1v) is 7.96. The van der Waals surface area contributed by atoms with Gasteiger partial charge in [-0.1, -0.05) is 6.92 Å². The van der Waals surface area contributed by atoms with Crippen LogP contribution in [-0.2, 0) is 14.8 Å². The zero-order chi connectivity index (χ0) is 15.5. The molecular formula is C12H16BrNO5S. The first kappa shape index (κ1) is 16.9. The number of sulfonamides is 1. The molecule has 1 aromatic rings. The molecule has 0 spiro atoms. The van der Waals surface area contributed by atoms with E-state index in [4.69, 9.17) is 9.84 Å². The highest BCUT2D eigenvalue weighted by atomic mass is 79.9. The van der Waals surface area contributed by atoms with Crippen molar-refractivity contribution in [2.45, 2.75) is 11.8 Å². The van der Waals surface area contributed by atoms with Crippen LogP contribution in [0.3, 0.4) is 0 Å². The van der Waals surface area contributed by atoms with Crippen molar-refractivity contribution < 1.29 is 23.1 Å². The van der Waals surface area contributed by atoms with Gasteiger partial charge in [-0.2, -0.15) is 0 Å². The summed E-state index contributed by atoms with van der Waals surface area (Å²) >= 11 is 3.19. The molecule has 0 amide bonds. The molecule has 1 aromatic carbocycles. The van der Waals surface area contributed by atoms with Gasteiger partial charge in [0.15, 0.2) is 0 Å². The quantitative estimate of drug-likeness (QED) is 0.830. The molecule has 0 heterocycles. The lowest BCUT2D eigenvalue weighted by atomic mass is 10.2. The van der Waals surface area contributed by atoms with Crippen LogP contribution in [0.1, 0.15) is 6.92 Å². The van der Waals surface area contributed by atoms with Crippen molar-refractivity contribution in [1.82, 2.24) is 4.31 Å². The first-order valence-electron chi connectivity index (χ1n) is 5.72. The molecule has 0 aliphatic heterocycles. The largest absolute Gasteiger partial charge is 0.497 e. The molecule has 1 rings (SSSR count). The third kappa shape index (κ3) is 3.71. The van der Waals surface area contributed by atoms with Gasteiger partial charge in [-0.25, -0.2) is 12.7 Å². The van der Waals surface area contributed by atoms with E-state index in [9.17, 15) is 13.2 Å². The Labute approximate surface area is 126 Å². The van der Waals surface area contributed by atoms with Gasteiger partial charge in [0.2, 0.25) is 10.0 Å². The molecule has 0 radical (unpaired) electrons. The lowest BCUT2D eigenvalue weighted by Crippen LogP contribution is -2.33. The van der Waals surface area contributed by atoms with Gasteiger partial charge in [0.25, 0.3) is 0 Å². The van der Waals surface area contributed by atoms with Gasteiger partial charge in [-0.15, -0.1) is 0 Å². The second-order valence-electron chi connectivity index (χ2n) is 4.32. The number of halogens is 1. The maximum atomic E-state index is 12.4. The van der Waals surface area contributed by atoms with Gasteiger partial charge in [0.1, 0.15) is 5.75 Å². The van der Waals surface area contributed by atoms with Gasteiger partial charge >= 0.3 is 5.97 Å². The summed E-state index contributed by atoms with van der Waals surface area (Å²) < 4.78 is 31.1. The van der Waals surface area contributed by atoms with Crippen LogP contribution in [0.5, 0.6) is 5.75 Å². The topological polar surface area (TPSA) is 83.9 Å². The van der Waals surface area contributed by atoms with Crippen molar-refractivity contribution in [3.8, 4) is 5.75 Å². The number of nitrogens with zero attached hydrogens (tertiary/aromatic N) is 1. The van der Waals surface area contributed by atoms with Crippen LogP contribution in [0.2, 0.25) is 0 Å². The summed E-state index contributed by atoms with van der Waals surface area (Å²) in [6.07, 6.45) is 0. The molecule has 0 fully saturated rings. The minimum absolute atomic E-state index is 0.0680. The Morgan fingerprint density at radius 1 is 1.50 bits per heavy atom. The Morgan fingerprint density at radius 3 is 2.55 bits per heavy atom. The van der Waals surface area contributed by atoms with Gasteiger partial charge in [-0.05, 0) is 34.1 Å². The second kappa shape index (κ2) is 6.55. The standard InChI is InChI=1S/C12H16BrNO5S/c1-8(12(15)16)7-14(2)20(17,18)11-5-4-9(19-3)6-10(11)13/h4-6,8H,7H2,1-3H3,(H,15,16). The molecule has 1 atom stereocenters. The van der Waals surface area contributed by atoms with Crippen molar-refractivity contribution in [3.63, 3.8) is 0 Å². The molecule has 0 saturated heterocycles. The Balaban J connectivity index is 3.07. The van der Waals surface area contributed by atoms with Crippen molar-refractivity contribution in [3.05, 3.63) is 22.7 Å². The van der Waals surface area contributed by atoms with Crippen LogP contribution < -0.4 is 4.74 Å². The number of carbonyl (C=O) groups is 1. The summed E-state index contributed by atoms with van der Waals surface area (Å²) in [5.41, 5.74) is 0. The highest BCUT2D eigenvalue weighted by Gasteiger charge is 2.26. The number of ether oxygens (including phenoxy) is 1. The molecule has 1 N–H and O–H groups in total. The molecule has 0 aliphatic rings. The number of rotatable bonds is 6. The normalized spacial score (nSPS) is 13.2. The average Bonchev–Trinajstić information content (AvgIpc) is 2.37. The van der Waals surface area contributed by atoms with E-state index in [1.165, 1.54) is 33.2 Å². The number of methoxy groups -OCH3 is 1. The molecule has 8 heteroatoms. The number of aliphatic carboxylic acids is 1. The Bertz CT molecular complexity index is 602. The van der Waals surface area contributed by atoms with E-state index in [0.29, 0.717) is 10.2 Å². The highest BCUT2D eigenvalue weighted by Crippen LogP contribution is 2.28. The van der Waals surface area contributed by atoms with Crippen LogP contribution >= 0.6 is 15.9 Å². The summed E-state index contributed by atoms with van der Waals surface area (Å²) in [6.45, 7) is 1.35. The number of hydrogen-bond acceptors (Lipinski definition) is 4. The zero-order valence-electron chi connectivity index (χ0n) is 11.3. The monoisotopic (exact) mass is 365 g/mol. The minimum Gasteiger partial charge on any atom is -0.497 e. The zero-order valence-corrected chi connectivity index (χ0v) is 13.7. The third-order valence-corrected chi connectivity index (χ3v) is 5.58. The molecule has 0 bridgehead atoms. The molecule has 0 saturated carbocycles. The van der Waals surface area contributed by atoms with Crippen LogP contribution in [0.15, 0.2) is 27.6 Å². The summed E-state index contributed by atoms with van der Waals surface area (Å²) in [5.74, 6) is -1.30. The Hall–Kier alpha value is -1.12. The number of hydrogen-bond donors (Lipinski definition) is 1. The maximum absolute atomic E-state index is 12.4. The predicted octanol–water partition coefficient (Wildman–Crippen LogP) is 1.80. The Kier molecular flexibility index (Phi) is 5.55. The van der Waals surface area contributed by atoms with E-state index in [0.717, 1.165) is 4.31 Å². The van der Waals surface area contributed by atoms with Crippen molar-refractivity contribution >= 4 is 31.9 Å². The van der Waals surface area contributed by atoms with Gasteiger partial charge in [0.05, 0.1) is 17.9 Å². The van der Waals surface area contributed by atoms with Crippen LogP contribution in [0, 0.1) is 5.92 Å². The lowest BCUT2D eigenvalue weighted by molar-refractivity contribution is -0.141. The fourth-order valence-corrected chi connectivity index (χ4v) is 3.82. The molecule has 112 valence electrons. The van der Waals surface area contributed by atoms with Crippen molar-refractivity contribution in [1.29, 1.82) is 0 Å². The molecule has 0 aliphatic carbocycles. The van der Waals surface area contributed by atoms with Crippen molar-refractivity contribution in [2.24, 2.45) is 5.92 Å².